The van der Waals surface area contributed by atoms with Gasteiger partial charge in [-0.3, -0.25) is 4.79 Å². The van der Waals surface area contributed by atoms with Crippen LogP contribution >= 0.6 is 15.9 Å². The third-order valence-corrected chi connectivity index (χ3v) is 3.84. The first-order valence-corrected chi connectivity index (χ1v) is 7.31. The molecule has 22 heavy (non-hydrogen) atoms. The monoisotopic (exact) mass is 358 g/mol. The Morgan fingerprint density at radius 2 is 1.91 bits per heavy atom. The van der Waals surface area contributed by atoms with Gasteiger partial charge in [0.25, 0.3) is 5.56 Å². The number of hydrogen-bond acceptors (Lipinski definition) is 3. The lowest BCUT2D eigenvalue weighted by Gasteiger charge is -2.07. The number of carbonyl (C=O) groups is 1. The Kier molecular flexibility index (Phi) is 3.77. The van der Waals surface area contributed by atoms with Crippen LogP contribution in [-0.2, 0) is 6.54 Å². The van der Waals surface area contributed by atoms with E-state index in [1.54, 1.807) is 24.4 Å². The first kappa shape index (κ1) is 14.5. The highest BCUT2D eigenvalue weighted by Gasteiger charge is 2.07. The van der Waals surface area contributed by atoms with Gasteiger partial charge in [0.05, 0.1) is 23.7 Å². The molecule has 0 amide bonds. The summed E-state index contributed by atoms with van der Waals surface area (Å²) < 4.78 is 2.20. The van der Waals surface area contributed by atoms with Crippen molar-refractivity contribution >= 4 is 32.7 Å². The van der Waals surface area contributed by atoms with Crippen molar-refractivity contribution in [1.82, 2.24) is 9.78 Å². The molecule has 1 aromatic heterocycles. The van der Waals surface area contributed by atoms with Gasteiger partial charge in [-0.15, -0.1) is 0 Å². The second kappa shape index (κ2) is 5.73. The fraction of sp³-hybridized carbons (Fsp3) is 0.0625. The van der Waals surface area contributed by atoms with Crippen LogP contribution in [0.25, 0.3) is 10.8 Å². The van der Waals surface area contributed by atoms with Gasteiger partial charge < -0.3 is 5.11 Å². The minimum absolute atomic E-state index is 0.180. The maximum Gasteiger partial charge on any atom is 0.335 e. The second-order valence-electron chi connectivity index (χ2n) is 4.84. The Labute approximate surface area is 134 Å². The van der Waals surface area contributed by atoms with Gasteiger partial charge in [-0.05, 0) is 29.8 Å². The average molecular weight is 359 g/mol. The molecule has 0 aliphatic carbocycles. The highest BCUT2D eigenvalue weighted by atomic mass is 79.9. The van der Waals surface area contributed by atoms with Crippen molar-refractivity contribution in [2.45, 2.75) is 6.54 Å². The van der Waals surface area contributed by atoms with Crippen LogP contribution in [0.5, 0.6) is 0 Å². The van der Waals surface area contributed by atoms with Crippen LogP contribution in [0.3, 0.4) is 0 Å². The number of rotatable bonds is 3. The largest absolute Gasteiger partial charge is 0.478 e. The van der Waals surface area contributed by atoms with Crippen molar-refractivity contribution in [3.8, 4) is 0 Å². The normalized spacial score (nSPS) is 10.8. The average Bonchev–Trinajstić information content (AvgIpc) is 2.51. The summed E-state index contributed by atoms with van der Waals surface area (Å²) in [7, 11) is 0. The van der Waals surface area contributed by atoms with Gasteiger partial charge in [0.1, 0.15) is 0 Å². The summed E-state index contributed by atoms with van der Waals surface area (Å²) in [6, 6.07) is 11.9. The first-order chi connectivity index (χ1) is 10.5. The van der Waals surface area contributed by atoms with Crippen LogP contribution in [0.4, 0.5) is 0 Å². The number of benzene rings is 2. The number of aromatic carboxylic acids is 1. The molecule has 1 N–H and O–H groups in total. The fourth-order valence-electron chi connectivity index (χ4n) is 2.19. The second-order valence-corrected chi connectivity index (χ2v) is 5.76. The van der Waals surface area contributed by atoms with Crippen molar-refractivity contribution in [3.05, 3.63) is 74.6 Å². The van der Waals surface area contributed by atoms with Gasteiger partial charge in [-0.1, -0.05) is 34.1 Å². The zero-order valence-electron chi connectivity index (χ0n) is 11.4. The third kappa shape index (κ3) is 2.78. The van der Waals surface area contributed by atoms with Crippen LogP contribution in [0, 0.1) is 0 Å². The SMILES string of the molecule is O=C(O)c1ccc(Cn2ncc3ccc(Br)cc3c2=O)cc1. The Hall–Kier alpha value is -2.47. The molecule has 0 aliphatic rings. The standard InChI is InChI=1S/C16H11BrN2O3/c17-13-6-5-12-8-18-19(15(20)14(12)7-13)9-10-1-3-11(4-2-10)16(21)22/h1-8H,9H2,(H,21,22). The summed E-state index contributed by atoms with van der Waals surface area (Å²) in [6.45, 7) is 0.293. The van der Waals surface area contributed by atoms with Gasteiger partial charge in [0.15, 0.2) is 0 Å². The van der Waals surface area contributed by atoms with E-state index in [0.29, 0.717) is 11.9 Å². The predicted molar refractivity (Wildman–Crippen MR) is 86.2 cm³/mol. The molecule has 3 rings (SSSR count). The molecule has 0 saturated heterocycles. The maximum atomic E-state index is 12.4. The summed E-state index contributed by atoms with van der Waals surface area (Å²) >= 11 is 3.36. The molecule has 6 heteroatoms. The number of carboxylic acids is 1. The summed E-state index contributed by atoms with van der Waals surface area (Å²) in [5.41, 5.74) is 0.849. The number of fused-ring (bicyclic) bond motifs is 1. The topological polar surface area (TPSA) is 72.2 Å². The summed E-state index contributed by atoms with van der Waals surface area (Å²) in [5, 5.41) is 14.4. The highest BCUT2D eigenvalue weighted by Crippen LogP contribution is 2.16. The van der Waals surface area contributed by atoms with Crippen LogP contribution in [0.2, 0.25) is 0 Å². The molecular formula is C16H11BrN2O3. The number of nitrogens with zero attached hydrogens (tertiary/aromatic N) is 2. The molecule has 1 heterocycles. The van der Waals surface area contributed by atoms with Gasteiger partial charge in [0.2, 0.25) is 0 Å². The van der Waals surface area contributed by atoms with Gasteiger partial charge in [-0.25, -0.2) is 9.48 Å². The molecule has 0 saturated carbocycles. The van der Waals surface area contributed by atoms with E-state index in [2.05, 4.69) is 21.0 Å². The zero-order chi connectivity index (χ0) is 15.7. The zero-order valence-corrected chi connectivity index (χ0v) is 12.9. The van der Waals surface area contributed by atoms with Crippen molar-refractivity contribution in [2.75, 3.05) is 0 Å². The molecule has 0 aliphatic heterocycles. The molecule has 0 fully saturated rings. The van der Waals surface area contributed by atoms with Gasteiger partial charge in [0, 0.05) is 9.86 Å². The third-order valence-electron chi connectivity index (χ3n) is 3.35. The summed E-state index contributed by atoms with van der Waals surface area (Å²) in [6.07, 6.45) is 1.65. The smallest absolute Gasteiger partial charge is 0.335 e. The Morgan fingerprint density at radius 3 is 2.59 bits per heavy atom. The van der Waals surface area contributed by atoms with E-state index in [4.69, 9.17) is 5.11 Å². The van der Waals surface area contributed by atoms with Crippen molar-refractivity contribution < 1.29 is 9.90 Å². The Balaban J connectivity index is 1.98. The van der Waals surface area contributed by atoms with E-state index >= 15 is 0 Å². The van der Waals surface area contributed by atoms with Crippen LogP contribution < -0.4 is 5.56 Å². The van der Waals surface area contributed by atoms with E-state index in [1.165, 1.54) is 16.8 Å². The lowest BCUT2D eigenvalue weighted by atomic mass is 10.1. The number of carboxylic acid groups (broad SMARTS) is 1. The molecule has 0 unspecified atom stereocenters. The van der Waals surface area contributed by atoms with E-state index in [1.807, 2.05) is 12.1 Å². The van der Waals surface area contributed by atoms with Crippen molar-refractivity contribution in [2.24, 2.45) is 0 Å². The number of hydrogen-bond donors (Lipinski definition) is 1. The minimum atomic E-state index is -0.975. The molecule has 0 bridgehead atoms. The maximum absolute atomic E-state index is 12.4. The summed E-state index contributed by atoms with van der Waals surface area (Å²) in [4.78, 5) is 23.3. The van der Waals surface area contributed by atoms with E-state index in [-0.39, 0.29) is 11.1 Å². The van der Waals surface area contributed by atoms with E-state index < -0.39 is 5.97 Å². The molecule has 0 atom stereocenters. The van der Waals surface area contributed by atoms with Gasteiger partial charge >= 0.3 is 5.97 Å². The quantitative estimate of drug-likeness (QED) is 0.781. The first-order valence-electron chi connectivity index (χ1n) is 6.52. The van der Waals surface area contributed by atoms with Crippen LogP contribution in [-0.4, -0.2) is 20.9 Å². The van der Waals surface area contributed by atoms with Crippen molar-refractivity contribution in [1.29, 1.82) is 0 Å². The van der Waals surface area contributed by atoms with E-state index in [0.717, 1.165) is 15.4 Å². The Bertz CT molecular complexity index is 917. The molecule has 5 nitrogen and oxygen atoms in total. The van der Waals surface area contributed by atoms with E-state index in [9.17, 15) is 9.59 Å². The fourth-order valence-corrected chi connectivity index (χ4v) is 2.55. The minimum Gasteiger partial charge on any atom is -0.478 e. The van der Waals surface area contributed by atoms with Crippen LogP contribution in [0.15, 0.2) is 57.9 Å². The lowest BCUT2D eigenvalue weighted by Crippen LogP contribution is -2.23. The van der Waals surface area contributed by atoms with Crippen LogP contribution in [0.1, 0.15) is 15.9 Å². The molecule has 3 aromatic rings. The molecular weight excluding hydrogens is 348 g/mol. The molecule has 2 aromatic carbocycles. The van der Waals surface area contributed by atoms with Crippen molar-refractivity contribution in [3.63, 3.8) is 0 Å². The predicted octanol–water partition coefficient (Wildman–Crippen LogP) is 2.91. The molecule has 110 valence electrons. The number of aromatic nitrogens is 2. The highest BCUT2D eigenvalue weighted by molar-refractivity contribution is 9.10. The Morgan fingerprint density at radius 1 is 1.18 bits per heavy atom. The molecule has 0 radical (unpaired) electrons. The van der Waals surface area contributed by atoms with Gasteiger partial charge in [-0.2, -0.15) is 5.10 Å². The summed E-state index contributed by atoms with van der Waals surface area (Å²) in [5.74, 6) is -0.975. The molecule has 0 spiro atoms. The number of halogens is 1. The lowest BCUT2D eigenvalue weighted by molar-refractivity contribution is 0.0697.